The Kier molecular flexibility index (Phi) is 7.02. The molecule has 0 aliphatic carbocycles. The Morgan fingerprint density at radius 3 is 2.08 bits per heavy atom. The molecule has 0 saturated heterocycles. The van der Waals surface area contributed by atoms with Crippen molar-refractivity contribution in [2.24, 2.45) is 0 Å². The standard InChI is InChI=1S/C19H35N3O2/c1-9-12-22(13-10-2)19(7,8)18(5,6)20-17(23)16-14(4)15(11-3)24-21-16/h9-13H2,1-8H3,(H,20,23). The van der Waals surface area contributed by atoms with E-state index in [1.807, 2.05) is 13.8 Å². The van der Waals surface area contributed by atoms with Crippen LogP contribution in [0.1, 0.15) is 83.1 Å². The molecule has 0 bridgehead atoms. The van der Waals surface area contributed by atoms with Crippen LogP contribution in [0.25, 0.3) is 0 Å². The lowest BCUT2D eigenvalue weighted by molar-refractivity contribution is 0.0356. The van der Waals surface area contributed by atoms with Gasteiger partial charge in [0.1, 0.15) is 5.76 Å². The van der Waals surface area contributed by atoms with Crippen LogP contribution in [0.15, 0.2) is 4.52 Å². The molecule has 0 saturated carbocycles. The number of nitrogens with zero attached hydrogens (tertiary/aromatic N) is 2. The molecule has 138 valence electrons. The predicted octanol–water partition coefficient (Wildman–Crippen LogP) is 3.95. The third-order valence-electron chi connectivity index (χ3n) is 5.29. The van der Waals surface area contributed by atoms with Crippen molar-refractivity contribution in [3.8, 4) is 0 Å². The van der Waals surface area contributed by atoms with Crippen molar-refractivity contribution in [3.63, 3.8) is 0 Å². The third kappa shape index (κ3) is 4.18. The molecule has 0 atom stereocenters. The molecule has 1 aromatic heterocycles. The van der Waals surface area contributed by atoms with Gasteiger partial charge in [0.15, 0.2) is 5.69 Å². The first-order valence-electron chi connectivity index (χ1n) is 9.15. The summed E-state index contributed by atoms with van der Waals surface area (Å²) in [5.41, 5.74) is 0.641. The monoisotopic (exact) mass is 337 g/mol. The van der Waals surface area contributed by atoms with Gasteiger partial charge in [-0.3, -0.25) is 9.69 Å². The Morgan fingerprint density at radius 1 is 1.12 bits per heavy atom. The summed E-state index contributed by atoms with van der Waals surface area (Å²) in [6.07, 6.45) is 2.92. The number of aromatic nitrogens is 1. The van der Waals surface area contributed by atoms with Crippen LogP contribution in [-0.2, 0) is 6.42 Å². The summed E-state index contributed by atoms with van der Waals surface area (Å²) in [4.78, 5) is 15.2. The van der Waals surface area contributed by atoms with Crippen molar-refractivity contribution < 1.29 is 9.32 Å². The lowest BCUT2D eigenvalue weighted by atomic mass is 9.80. The van der Waals surface area contributed by atoms with Gasteiger partial charge in [0.2, 0.25) is 0 Å². The van der Waals surface area contributed by atoms with Gasteiger partial charge in [-0.05, 0) is 60.5 Å². The summed E-state index contributed by atoms with van der Waals surface area (Å²) in [5, 5.41) is 7.15. The molecule has 0 aromatic carbocycles. The lowest BCUT2D eigenvalue weighted by Crippen LogP contribution is -2.65. The lowest BCUT2D eigenvalue weighted by Gasteiger charge is -2.49. The summed E-state index contributed by atoms with van der Waals surface area (Å²) in [6, 6.07) is 0. The van der Waals surface area contributed by atoms with Crippen molar-refractivity contribution in [2.45, 2.75) is 85.7 Å². The average molecular weight is 338 g/mol. The maximum absolute atomic E-state index is 12.7. The summed E-state index contributed by atoms with van der Waals surface area (Å²) >= 11 is 0. The Balaban J connectivity index is 3.00. The second-order valence-electron chi connectivity index (χ2n) is 7.56. The molecule has 1 amide bonds. The zero-order chi connectivity index (χ0) is 18.5. The fourth-order valence-corrected chi connectivity index (χ4v) is 3.01. The topological polar surface area (TPSA) is 58.4 Å². The number of hydrogen-bond donors (Lipinski definition) is 1. The number of carbonyl (C=O) groups excluding carboxylic acids is 1. The molecule has 1 heterocycles. The van der Waals surface area contributed by atoms with Crippen molar-refractivity contribution >= 4 is 5.91 Å². The second kappa shape index (κ2) is 8.15. The van der Waals surface area contributed by atoms with E-state index >= 15 is 0 Å². The zero-order valence-corrected chi connectivity index (χ0v) is 16.7. The van der Waals surface area contributed by atoms with Crippen LogP contribution in [0.3, 0.4) is 0 Å². The first-order chi connectivity index (χ1) is 11.1. The summed E-state index contributed by atoms with van der Waals surface area (Å²) in [7, 11) is 0. The van der Waals surface area contributed by atoms with Crippen LogP contribution >= 0.6 is 0 Å². The highest BCUT2D eigenvalue weighted by Gasteiger charge is 2.42. The number of nitrogens with one attached hydrogen (secondary N) is 1. The van der Waals surface area contributed by atoms with Crippen LogP contribution in [0, 0.1) is 6.92 Å². The van der Waals surface area contributed by atoms with Gasteiger partial charge in [0.05, 0.1) is 5.54 Å². The minimum absolute atomic E-state index is 0.165. The van der Waals surface area contributed by atoms with Crippen molar-refractivity contribution in [2.75, 3.05) is 13.1 Å². The number of carbonyl (C=O) groups is 1. The molecular formula is C19H35N3O2. The zero-order valence-electron chi connectivity index (χ0n) is 16.7. The average Bonchev–Trinajstić information content (AvgIpc) is 2.87. The van der Waals surface area contributed by atoms with E-state index in [1.165, 1.54) is 0 Å². The summed E-state index contributed by atoms with van der Waals surface area (Å²) in [5.74, 6) is 0.609. The van der Waals surface area contributed by atoms with Gasteiger partial charge in [-0.1, -0.05) is 25.9 Å². The molecule has 1 N–H and O–H groups in total. The van der Waals surface area contributed by atoms with Gasteiger partial charge in [0, 0.05) is 17.5 Å². The van der Waals surface area contributed by atoms with Crippen LogP contribution in [0.4, 0.5) is 0 Å². The highest BCUT2D eigenvalue weighted by Crippen LogP contribution is 2.29. The van der Waals surface area contributed by atoms with Gasteiger partial charge < -0.3 is 9.84 Å². The molecule has 0 fully saturated rings. The molecule has 0 radical (unpaired) electrons. The number of hydrogen-bond acceptors (Lipinski definition) is 4. The van der Waals surface area contributed by atoms with Gasteiger partial charge in [-0.2, -0.15) is 0 Å². The first-order valence-corrected chi connectivity index (χ1v) is 9.15. The molecule has 1 rings (SSSR count). The van der Waals surface area contributed by atoms with Gasteiger partial charge in [0.25, 0.3) is 5.91 Å². The second-order valence-corrected chi connectivity index (χ2v) is 7.56. The number of aryl methyl sites for hydroxylation is 1. The molecule has 24 heavy (non-hydrogen) atoms. The van der Waals surface area contributed by atoms with Gasteiger partial charge in [-0.15, -0.1) is 0 Å². The number of rotatable bonds is 9. The molecule has 5 heteroatoms. The van der Waals surface area contributed by atoms with E-state index in [1.54, 1.807) is 0 Å². The van der Waals surface area contributed by atoms with Gasteiger partial charge >= 0.3 is 0 Å². The smallest absolute Gasteiger partial charge is 0.274 e. The Morgan fingerprint density at radius 2 is 1.67 bits per heavy atom. The van der Waals surface area contributed by atoms with E-state index in [2.05, 4.69) is 56.9 Å². The maximum Gasteiger partial charge on any atom is 0.274 e. The Labute approximate surface area is 147 Å². The van der Waals surface area contributed by atoms with E-state index in [4.69, 9.17) is 4.52 Å². The van der Waals surface area contributed by atoms with Gasteiger partial charge in [-0.25, -0.2) is 0 Å². The first kappa shape index (κ1) is 20.7. The van der Waals surface area contributed by atoms with Crippen LogP contribution in [0.5, 0.6) is 0 Å². The molecule has 0 aliphatic heterocycles. The van der Waals surface area contributed by atoms with E-state index in [0.29, 0.717) is 5.69 Å². The van der Waals surface area contributed by atoms with Crippen molar-refractivity contribution in [1.29, 1.82) is 0 Å². The quantitative estimate of drug-likeness (QED) is 0.741. The highest BCUT2D eigenvalue weighted by molar-refractivity contribution is 5.94. The van der Waals surface area contributed by atoms with E-state index in [-0.39, 0.29) is 11.4 Å². The largest absolute Gasteiger partial charge is 0.360 e. The molecule has 1 aromatic rings. The van der Waals surface area contributed by atoms with Crippen LogP contribution < -0.4 is 5.32 Å². The molecule has 0 aliphatic rings. The fourth-order valence-electron chi connectivity index (χ4n) is 3.01. The van der Waals surface area contributed by atoms with Crippen LogP contribution in [-0.4, -0.2) is 40.1 Å². The Hall–Kier alpha value is -1.36. The minimum Gasteiger partial charge on any atom is -0.360 e. The minimum atomic E-state index is -0.411. The highest BCUT2D eigenvalue weighted by atomic mass is 16.5. The molecule has 0 spiro atoms. The molecule has 0 unspecified atom stereocenters. The SMILES string of the molecule is CCCN(CCC)C(C)(C)C(C)(C)NC(=O)c1noc(CC)c1C. The summed E-state index contributed by atoms with van der Waals surface area (Å²) in [6.45, 7) is 18.9. The number of amides is 1. The van der Waals surface area contributed by atoms with Crippen molar-refractivity contribution in [3.05, 3.63) is 17.0 Å². The van der Waals surface area contributed by atoms with Crippen molar-refractivity contribution in [1.82, 2.24) is 15.4 Å². The molecular weight excluding hydrogens is 302 g/mol. The van der Waals surface area contributed by atoms with E-state index in [9.17, 15) is 4.79 Å². The summed E-state index contributed by atoms with van der Waals surface area (Å²) < 4.78 is 5.27. The predicted molar refractivity (Wildman–Crippen MR) is 98.4 cm³/mol. The van der Waals surface area contributed by atoms with Crippen LogP contribution in [0.2, 0.25) is 0 Å². The molecule has 5 nitrogen and oxygen atoms in total. The fraction of sp³-hybridized carbons (Fsp3) is 0.789. The van der Waals surface area contributed by atoms with E-state index in [0.717, 1.165) is 43.7 Å². The maximum atomic E-state index is 12.7. The normalized spacial score (nSPS) is 12.7. The van der Waals surface area contributed by atoms with E-state index < -0.39 is 5.54 Å². The Bertz CT molecular complexity index is 541. The third-order valence-corrected chi connectivity index (χ3v) is 5.29.